The van der Waals surface area contributed by atoms with Gasteiger partial charge in [0.25, 0.3) is 0 Å². The van der Waals surface area contributed by atoms with Gasteiger partial charge in [0, 0.05) is 56.1 Å². The Labute approximate surface area is 169 Å². The molecule has 0 aromatic carbocycles. The van der Waals surface area contributed by atoms with Crippen LogP contribution < -0.4 is 14.6 Å². The molecule has 0 atom stereocenters. The molecule has 0 radical (unpaired) electrons. The molecule has 5 fully saturated rings. The minimum absolute atomic E-state index is 0.469. The first-order chi connectivity index (χ1) is 13.4. The largest absolute Gasteiger partial charge is 0.550 e. The summed E-state index contributed by atoms with van der Waals surface area (Å²) >= 11 is 0. The van der Waals surface area contributed by atoms with Crippen LogP contribution in [0.3, 0.4) is 0 Å². The summed E-state index contributed by atoms with van der Waals surface area (Å²) in [6.07, 6.45) is 20.8. The number of pyridine rings is 1. The molecule has 0 amide bonds. The number of carbonyl (C=O) groups excluding carboxylic acids is 1. The first-order valence-corrected chi connectivity index (χ1v) is 11.4. The van der Waals surface area contributed by atoms with E-state index in [0.29, 0.717) is 5.54 Å². The molecule has 4 nitrogen and oxygen atoms in total. The minimum atomic E-state index is -1.08. The van der Waals surface area contributed by atoms with Crippen LogP contribution in [0.2, 0.25) is 0 Å². The topological polar surface area (TPSA) is 47.2 Å². The molecular weight excluding hydrogens is 348 g/mol. The van der Waals surface area contributed by atoms with Crippen LogP contribution in [0.1, 0.15) is 77.6 Å². The molecule has 154 valence electrons. The first-order valence-electron chi connectivity index (χ1n) is 11.4. The van der Waals surface area contributed by atoms with Crippen molar-refractivity contribution < 1.29 is 14.5 Å². The molecule has 0 saturated heterocycles. The summed E-state index contributed by atoms with van der Waals surface area (Å²) in [4.78, 5) is 11.4. The Balaban J connectivity index is 0.000000442. The molecular formula is C24H36N2O2. The van der Waals surface area contributed by atoms with Crippen molar-refractivity contribution in [2.24, 2.45) is 17.8 Å². The molecule has 4 bridgehead atoms. The van der Waals surface area contributed by atoms with Crippen LogP contribution in [-0.2, 0) is 10.3 Å². The van der Waals surface area contributed by atoms with Crippen LogP contribution in [-0.4, -0.2) is 19.1 Å². The molecule has 1 aromatic heterocycles. The predicted octanol–water partition coefficient (Wildman–Crippen LogP) is 3.42. The summed E-state index contributed by atoms with van der Waals surface area (Å²) in [6, 6.07) is 5.55. The second-order valence-electron chi connectivity index (χ2n) is 10.00. The number of hydrogen-bond acceptors (Lipinski definition) is 3. The number of aromatic nitrogens is 1. The third-order valence-corrected chi connectivity index (χ3v) is 7.90. The van der Waals surface area contributed by atoms with E-state index in [9.17, 15) is 0 Å². The van der Waals surface area contributed by atoms with Gasteiger partial charge in [-0.1, -0.05) is 19.3 Å². The Morgan fingerprint density at radius 3 is 1.93 bits per heavy atom. The van der Waals surface area contributed by atoms with E-state index < -0.39 is 5.97 Å². The Kier molecular flexibility index (Phi) is 5.66. The minimum Gasteiger partial charge on any atom is -0.550 e. The Morgan fingerprint density at radius 1 is 1.00 bits per heavy atom. The van der Waals surface area contributed by atoms with Crippen molar-refractivity contribution in [2.45, 2.75) is 89.1 Å². The highest BCUT2D eigenvalue weighted by Gasteiger charge is 2.56. The average Bonchev–Trinajstić information content (AvgIpc) is 2.67. The standard InChI is InChI=1S/C22H33N2.C2H4O2/c1-23(20-5-3-2-4-6-20)21-7-9-24(10-8-21)22-14-17-11-18(15-22)13-19(12-17)16-22;1-2(3)4/h7-10,17-20H,2-6,11-16H2,1H3;1H3,(H,3,4)/q+1;/p-1. The number of rotatable bonds is 3. The quantitative estimate of drug-likeness (QED) is 0.750. The van der Waals surface area contributed by atoms with Crippen LogP contribution in [0.15, 0.2) is 24.5 Å². The van der Waals surface area contributed by atoms with Gasteiger partial charge in [0.05, 0.1) is 0 Å². The molecule has 1 aromatic rings. The second-order valence-corrected chi connectivity index (χ2v) is 10.00. The Bertz CT molecular complexity index is 639. The molecule has 5 aliphatic carbocycles. The Hall–Kier alpha value is -1.58. The highest BCUT2D eigenvalue weighted by atomic mass is 16.4. The van der Waals surface area contributed by atoms with Gasteiger partial charge >= 0.3 is 0 Å². The summed E-state index contributed by atoms with van der Waals surface area (Å²) in [5.74, 6) is 1.98. The van der Waals surface area contributed by atoms with E-state index in [1.807, 2.05) is 0 Å². The van der Waals surface area contributed by atoms with Crippen molar-refractivity contribution in [3.63, 3.8) is 0 Å². The average molecular weight is 385 g/mol. The van der Waals surface area contributed by atoms with E-state index in [4.69, 9.17) is 9.90 Å². The van der Waals surface area contributed by atoms with E-state index >= 15 is 0 Å². The number of carbonyl (C=O) groups is 1. The summed E-state index contributed by atoms with van der Waals surface area (Å²) in [5, 5.41) is 8.89. The predicted molar refractivity (Wildman–Crippen MR) is 109 cm³/mol. The van der Waals surface area contributed by atoms with Gasteiger partial charge in [0.2, 0.25) is 0 Å². The number of carboxylic acid groups (broad SMARTS) is 1. The van der Waals surface area contributed by atoms with Crippen molar-refractivity contribution >= 4 is 11.7 Å². The molecule has 6 rings (SSSR count). The van der Waals surface area contributed by atoms with Gasteiger partial charge in [-0.3, -0.25) is 0 Å². The van der Waals surface area contributed by atoms with E-state index in [2.05, 4.69) is 41.0 Å². The lowest BCUT2D eigenvalue weighted by Crippen LogP contribution is -2.64. The van der Waals surface area contributed by atoms with Crippen LogP contribution in [0.25, 0.3) is 0 Å². The van der Waals surface area contributed by atoms with Crippen molar-refractivity contribution in [1.29, 1.82) is 0 Å². The number of nitrogens with zero attached hydrogens (tertiary/aromatic N) is 2. The maximum atomic E-state index is 8.89. The molecule has 0 N–H and O–H groups in total. The van der Waals surface area contributed by atoms with E-state index in [0.717, 1.165) is 30.7 Å². The fourth-order valence-electron chi connectivity index (χ4n) is 7.03. The van der Waals surface area contributed by atoms with Crippen LogP contribution in [0, 0.1) is 17.8 Å². The first kappa shape index (κ1) is 19.7. The maximum absolute atomic E-state index is 8.89. The SMILES string of the molecule is CC(=O)[O-].CN(c1cc[n+](C23CC4CC(CC(C4)C2)C3)cc1)C1CCCCC1. The van der Waals surface area contributed by atoms with Gasteiger partial charge in [-0.15, -0.1) is 0 Å². The maximum Gasteiger partial charge on any atom is 0.171 e. The van der Waals surface area contributed by atoms with Gasteiger partial charge < -0.3 is 14.8 Å². The monoisotopic (exact) mass is 384 g/mol. The molecule has 0 unspecified atom stereocenters. The lowest BCUT2D eigenvalue weighted by Gasteiger charge is -2.53. The van der Waals surface area contributed by atoms with Gasteiger partial charge in [-0.05, 0) is 56.8 Å². The van der Waals surface area contributed by atoms with Gasteiger partial charge in [-0.2, -0.15) is 4.57 Å². The lowest BCUT2D eigenvalue weighted by molar-refractivity contribution is -0.776. The van der Waals surface area contributed by atoms with Gasteiger partial charge in [-0.25, -0.2) is 0 Å². The molecule has 5 aliphatic rings. The van der Waals surface area contributed by atoms with Crippen molar-refractivity contribution in [1.82, 2.24) is 0 Å². The highest BCUT2D eigenvalue weighted by Crippen LogP contribution is 2.56. The van der Waals surface area contributed by atoms with E-state index in [1.54, 1.807) is 0 Å². The summed E-state index contributed by atoms with van der Waals surface area (Å²) in [6.45, 7) is 0.972. The summed E-state index contributed by atoms with van der Waals surface area (Å²) < 4.78 is 2.62. The normalized spacial score (nSPS) is 33.9. The van der Waals surface area contributed by atoms with Crippen molar-refractivity contribution in [3.05, 3.63) is 24.5 Å². The van der Waals surface area contributed by atoms with Gasteiger partial charge in [0.15, 0.2) is 17.9 Å². The number of anilines is 1. The smallest absolute Gasteiger partial charge is 0.171 e. The summed E-state index contributed by atoms with van der Waals surface area (Å²) in [5.41, 5.74) is 1.89. The zero-order chi connectivity index (χ0) is 19.7. The molecule has 0 spiro atoms. The van der Waals surface area contributed by atoms with Crippen molar-refractivity contribution in [3.8, 4) is 0 Å². The van der Waals surface area contributed by atoms with Crippen LogP contribution >= 0.6 is 0 Å². The number of aliphatic carboxylic acids is 1. The third-order valence-electron chi connectivity index (χ3n) is 7.90. The number of hydrogen-bond donors (Lipinski definition) is 0. The second kappa shape index (κ2) is 8.04. The lowest BCUT2D eigenvalue weighted by atomic mass is 9.53. The van der Waals surface area contributed by atoms with E-state index in [-0.39, 0.29) is 0 Å². The Morgan fingerprint density at radius 2 is 1.46 bits per heavy atom. The van der Waals surface area contributed by atoms with Crippen LogP contribution in [0.5, 0.6) is 0 Å². The van der Waals surface area contributed by atoms with Crippen molar-refractivity contribution in [2.75, 3.05) is 11.9 Å². The molecule has 4 heteroatoms. The summed E-state index contributed by atoms with van der Waals surface area (Å²) in [7, 11) is 2.31. The van der Waals surface area contributed by atoms with E-state index in [1.165, 1.54) is 76.3 Å². The highest BCUT2D eigenvalue weighted by molar-refractivity contribution is 5.60. The molecule has 0 aliphatic heterocycles. The fourth-order valence-corrected chi connectivity index (χ4v) is 7.03. The third kappa shape index (κ3) is 4.06. The van der Waals surface area contributed by atoms with Crippen LogP contribution in [0.4, 0.5) is 5.69 Å². The molecule has 1 heterocycles. The molecule has 5 saturated carbocycles. The van der Waals surface area contributed by atoms with Gasteiger partial charge in [0.1, 0.15) is 0 Å². The zero-order valence-corrected chi connectivity index (χ0v) is 17.6. The molecule has 28 heavy (non-hydrogen) atoms. The fraction of sp³-hybridized carbons (Fsp3) is 0.750. The number of carboxylic acids is 1. The zero-order valence-electron chi connectivity index (χ0n) is 17.6.